The minimum absolute atomic E-state index is 0.669. The molecule has 1 aliphatic rings. The Balaban J connectivity index is 2.30. The number of pyridine rings is 1. The van der Waals surface area contributed by atoms with Gasteiger partial charge in [-0.3, -0.25) is 4.79 Å². The average molecular weight is 220 g/mol. The molecule has 0 aliphatic heterocycles. The van der Waals surface area contributed by atoms with E-state index in [1.165, 1.54) is 0 Å². The fourth-order valence-corrected chi connectivity index (χ4v) is 2.09. The summed E-state index contributed by atoms with van der Waals surface area (Å²) in [6, 6.07) is 3.76. The lowest BCUT2D eigenvalue weighted by Crippen LogP contribution is -2.42. The van der Waals surface area contributed by atoms with Crippen LogP contribution in [-0.4, -0.2) is 30.2 Å². The zero-order valence-electron chi connectivity index (χ0n) is 9.60. The van der Waals surface area contributed by atoms with Crippen molar-refractivity contribution in [1.29, 1.82) is 0 Å². The highest BCUT2D eigenvalue weighted by Gasteiger charge is 2.46. The topological polar surface area (TPSA) is 53.4 Å². The molecule has 4 nitrogen and oxygen atoms in total. The van der Waals surface area contributed by atoms with Gasteiger partial charge in [0.05, 0.1) is 5.41 Å². The van der Waals surface area contributed by atoms with Crippen LogP contribution in [0.25, 0.3) is 0 Å². The van der Waals surface area contributed by atoms with E-state index in [0.717, 1.165) is 30.6 Å². The number of carboxylic acids is 1. The van der Waals surface area contributed by atoms with Crippen molar-refractivity contribution < 1.29 is 9.90 Å². The molecule has 0 saturated heterocycles. The molecule has 1 saturated carbocycles. The molecule has 0 bridgehead atoms. The first kappa shape index (κ1) is 10.9. The minimum atomic E-state index is -0.724. The zero-order valence-corrected chi connectivity index (χ0v) is 9.60. The third-order valence-electron chi connectivity index (χ3n) is 3.38. The number of aromatic nitrogens is 1. The standard InChI is InChI=1S/C12H16N2O2/c1-14(2)10-5-4-9(8-13-10)12(11(15)16)6-3-7-12/h4-5,8H,3,6-7H2,1-2H3,(H,15,16). The van der Waals surface area contributed by atoms with Crippen molar-refractivity contribution in [3.05, 3.63) is 23.9 Å². The van der Waals surface area contributed by atoms with Crippen LogP contribution in [0.1, 0.15) is 24.8 Å². The molecule has 1 fully saturated rings. The van der Waals surface area contributed by atoms with Crippen LogP contribution in [0.5, 0.6) is 0 Å². The maximum absolute atomic E-state index is 11.3. The number of rotatable bonds is 3. The molecule has 1 N–H and O–H groups in total. The van der Waals surface area contributed by atoms with E-state index in [1.807, 2.05) is 31.1 Å². The van der Waals surface area contributed by atoms with Gasteiger partial charge in [0.15, 0.2) is 0 Å². The van der Waals surface area contributed by atoms with Gasteiger partial charge >= 0.3 is 5.97 Å². The number of nitrogens with zero attached hydrogens (tertiary/aromatic N) is 2. The van der Waals surface area contributed by atoms with Crippen molar-refractivity contribution >= 4 is 11.8 Å². The molecule has 1 aromatic rings. The van der Waals surface area contributed by atoms with E-state index in [1.54, 1.807) is 6.20 Å². The van der Waals surface area contributed by atoms with Crippen LogP contribution in [0.15, 0.2) is 18.3 Å². The van der Waals surface area contributed by atoms with Crippen LogP contribution in [0.2, 0.25) is 0 Å². The maximum atomic E-state index is 11.3. The van der Waals surface area contributed by atoms with Crippen molar-refractivity contribution in [2.24, 2.45) is 0 Å². The molecule has 0 radical (unpaired) electrons. The summed E-state index contributed by atoms with van der Waals surface area (Å²) in [6.45, 7) is 0. The van der Waals surface area contributed by atoms with Gasteiger partial charge in [-0.25, -0.2) is 4.98 Å². The van der Waals surface area contributed by atoms with Crippen molar-refractivity contribution in [1.82, 2.24) is 4.98 Å². The van der Waals surface area contributed by atoms with Crippen LogP contribution < -0.4 is 4.90 Å². The molecule has 1 aromatic heterocycles. The van der Waals surface area contributed by atoms with Gasteiger partial charge in [0, 0.05) is 20.3 Å². The predicted molar refractivity (Wildman–Crippen MR) is 61.7 cm³/mol. The number of aliphatic carboxylic acids is 1. The van der Waals surface area contributed by atoms with Gasteiger partial charge in [0.25, 0.3) is 0 Å². The van der Waals surface area contributed by atoms with Gasteiger partial charge in [0.1, 0.15) is 5.82 Å². The van der Waals surface area contributed by atoms with Crippen LogP contribution in [-0.2, 0) is 10.2 Å². The second-order valence-corrected chi connectivity index (χ2v) is 4.54. The van der Waals surface area contributed by atoms with Crippen LogP contribution in [0.4, 0.5) is 5.82 Å². The number of hydrogen-bond donors (Lipinski definition) is 1. The number of carboxylic acid groups (broad SMARTS) is 1. The first-order chi connectivity index (χ1) is 7.56. The van der Waals surface area contributed by atoms with Crippen LogP contribution in [0, 0.1) is 0 Å². The Morgan fingerprint density at radius 1 is 1.44 bits per heavy atom. The summed E-state index contributed by atoms with van der Waals surface area (Å²) >= 11 is 0. The molecule has 0 atom stereocenters. The second kappa shape index (κ2) is 3.77. The van der Waals surface area contributed by atoms with Gasteiger partial charge in [-0.1, -0.05) is 12.5 Å². The first-order valence-electron chi connectivity index (χ1n) is 5.43. The summed E-state index contributed by atoms with van der Waals surface area (Å²) in [5.41, 5.74) is 0.162. The van der Waals surface area contributed by atoms with E-state index in [9.17, 15) is 9.90 Å². The van der Waals surface area contributed by atoms with E-state index in [0.29, 0.717) is 0 Å². The SMILES string of the molecule is CN(C)c1ccc(C2(C(=O)O)CCC2)cn1. The van der Waals surface area contributed by atoms with Crippen molar-refractivity contribution in [2.75, 3.05) is 19.0 Å². The van der Waals surface area contributed by atoms with Gasteiger partial charge < -0.3 is 10.0 Å². The summed E-state index contributed by atoms with van der Waals surface area (Å²) in [6.07, 6.45) is 4.14. The summed E-state index contributed by atoms with van der Waals surface area (Å²) in [5, 5.41) is 9.28. The van der Waals surface area contributed by atoms with Crippen molar-refractivity contribution in [3.63, 3.8) is 0 Å². The Kier molecular flexibility index (Phi) is 2.58. The van der Waals surface area contributed by atoms with E-state index in [-0.39, 0.29) is 0 Å². The van der Waals surface area contributed by atoms with Gasteiger partial charge in [0.2, 0.25) is 0 Å². The first-order valence-corrected chi connectivity index (χ1v) is 5.43. The lowest BCUT2D eigenvalue weighted by molar-refractivity contribution is -0.147. The molecule has 0 spiro atoms. The fraction of sp³-hybridized carbons (Fsp3) is 0.500. The number of hydrogen-bond acceptors (Lipinski definition) is 3. The summed E-state index contributed by atoms with van der Waals surface area (Å²) in [5.74, 6) is 0.127. The molecule has 86 valence electrons. The number of anilines is 1. The molecule has 2 rings (SSSR count). The van der Waals surface area contributed by atoms with E-state index in [4.69, 9.17) is 0 Å². The van der Waals surface area contributed by atoms with Crippen LogP contribution >= 0.6 is 0 Å². The average Bonchev–Trinajstić information content (AvgIpc) is 2.16. The summed E-state index contributed by atoms with van der Waals surface area (Å²) in [4.78, 5) is 17.5. The van der Waals surface area contributed by atoms with Crippen molar-refractivity contribution in [3.8, 4) is 0 Å². The summed E-state index contributed by atoms with van der Waals surface area (Å²) in [7, 11) is 3.83. The number of carbonyl (C=O) groups is 1. The third kappa shape index (κ3) is 1.54. The monoisotopic (exact) mass is 220 g/mol. The maximum Gasteiger partial charge on any atom is 0.314 e. The third-order valence-corrected chi connectivity index (χ3v) is 3.38. The Morgan fingerprint density at radius 2 is 2.12 bits per heavy atom. The molecule has 0 amide bonds. The molecule has 1 heterocycles. The van der Waals surface area contributed by atoms with Crippen LogP contribution in [0.3, 0.4) is 0 Å². The molecular weight excluding hydrogens is 204 g/mol. The van der Waals surface area contributed by atoms with E-state index in [2.05, 4.69) is 4.98 Å². The zero-order chi connectivity index (χ0) is 11.8. The van der Waals surface area contributed by atoms with E-state index >= 15 is 0 Å². The Labute approximate surface area is 94.9 Å². The van der Waals surface area contributed by atoms with Gasteiger partial charge in [-0.2, -0.15) is 0 Å². The minimum Gasteiger partial charge on any atom is -0.481 e. The lowest BCUT2D eigenvalue weighted by atomic mass is 9.65. The highest BCUT2D eigenvalue weighted by molar-refractivity contribution is 5.82. The highest BCUT2D eigenvalue weighted by Crippen LogP contribution is 2.43. The highest BCUT2D eigenvalue weighted by atomic mass is 16.4. The molecular formula is C12H16N2O2. The van der Waals surface area contributed by atoms with E-state index < -0.39 is 11.4 Å². The normalized spacial score (nSPS) is 17.6. The molecule has 1 aliphatic carbocycles. The largest absolute Gasteiger partial charge is 0.481 e. The molecule has 4 heteroatoms. The Hall–Kier alpha value is -1.58. The molecule has 0 unspecified atom stereocenters. The molecule has 16 heavy (non-hydrogen) atoms. The molecule has 0 aromatic carbocycles. The summed E-state index contributed by atoms with van der Waals surface area (Å²) < 4.78 is 0. The van der Waals surface area contributed by atoms with Gasteiger partial charge in [-0.15, -0.1) is 0 Å². The lowest BCUT2D eigenvalue weighted by Gasteiger charge is -2.37. The smallest absolute Gasteiger partial charge is 0.314 e. The van der Waals surface area contributed by atoms with Gasteiger partial charge in [-0.05, 0) is 24.5 Å². The predicted octanol–water partition coefficient (Wildman–Crippen LogP) is 1.65. The Morgan fingerprint density at radius 3 is 2.44 bits per heavy atom. The second-order valence-electron chi connectivity index (χ2n) is 4.54. The quantitative estimate of drug-likeness (QED) is 0.841. The fourth-order valence-electron chi connectivity index (χ4n) is 2.09. The van der Waals surface area contributed by atoms with Crippen molar-refractivity contribution in [2.45, 2.75) is 24.7 Å². The Bertz CT molecular complexity index is 394.